The van der Waals surface area contributed by atoms with Crippen LogP contribution in [-0.2, 0) is 16.8 Å². The zero-order valence-corrected chi connectivity index (χ0v) is 11.2. The molecule has 3 heteroatoms. The average molecular weight is 245 g/mol. The summed E-state index contributed by atoms with van der Waals surface area (Å²) in [5, 5.41) is 9.95. The van der Waals surface area contributed by atoms with Crippen LogP contribution in [0.2, 0.25) is 0 Å². The van der Waals surface area contributed by atoms with Crippen molar-refractivity contribution in [1.29, 1.82) is 0 Å². The van der Waals surface area contributed by atoms with Crippen molar-refractivity contribution in [3.05, 3.63) is 29.3 Å². The summed E-state index contributed by atoms with van der Waals surface area (Å²) >= 11 is 0. The van der Waals surface area contributed by atoms with Gasteiger partial charge >= 0.3 is 0 Å². The number of hydrogen-bond acceptors (Lipinski definition) is 3. The number of isocyanates is 1. The lowest BCUT2D eigenvalue weighted by Gasteiger charge is -2.20. The van der Waals surface area contributed by atoms with Gasteiger partial charge in [-0.1, -0.05) is 26.8 Å². The molecular formula is C15H19NO2. The summed E-state index contributed by atoms with van der Waals surface area (Å²) in [6.45, 7) is 6.53. The number of phenols is 1. The maximum absolute atomic E-state index is 10.5. The van der Waals surface area contributed by atoms with Gasteiger partial charge < -0.3 is 5.11 Å². The van der Waals surface area contributed by atoms with E-state index in [1.54, 1.807) is 12.1 Å². The Labute approximate surface area is 108 Å². The number of rotatable bonds is 3. The Balaban J connectivity index is 2.36. The van der Waals surface area contributed by atoms with Crippen molar-refractivity contribution >= 4 is 6.08 Å². The molecule has 0 spiro atoms. The maximum Gasteiger partial charge on any atom is 0.235 e. The molecule has 0 atom stereocenters. The summed E-state index contributed by atoms with van der Waals surface area (Å²) in [6, 6.07) is 5.62. The van der Waals surface area contributed by atoms with E-state index in [1.807, 2.05) is 12.1 Å². The first-order chi connectivity index (χ1) is 8.36. The molecule has 1 saturated carbocycles. The molecule has 0 saturated heterocycles. The molecule has 96 valence electrons. The van der Waals surface area contributed by atoms with Crippen LogP contribution in [0.3, 0.4) is 0 Å². The van der Waals surface area contributed by atoms with Crippen LogP contribution in [0, 0.1) is 5.41 Å². The van der Waals surface area contributed by atoms with Gasteiger partial charge in [0.1, 0.15) is 11.3 Å². The van der Waals surface area contributed by atoms with Crippen LogP contribution in [0.4, 0.5) is 0 Å². The minimum atomic E-state index is -0.500. The number of aliphatic imine (C=N–C) groups is 1. The summed E-state index contributed by atoms with van der Waals surface area (Å²) in [5.41, 5.74) is 1.63. The first-order valence-corrected chi connectivity index (χ1v) is 6.28. The van der Waals surface area contributed by atoms with E-state index < -0.39 is 5.54 Å². The molecule has 0 aromatic heterocycles. The summed E-state index contributed by atoms with van der Waals surface area (Å²) in [7, 11) is 0. The molecule has 3 nitrogen and oxygen atoms in total. The minimum absolute atomic E-state index is 0.193. The molecule has 0 radical (unpaired) electrons. The SMILES string of the molecule is CC(C)(C)Cc1ccc(O)c(C2(N=C=O)CC2)c1. The Hall–Kier alpha value is -1.60. The number of phenolic OH excluding ortho intramolecular Hbond substituents is 1. The van der Waals surface area contributed by atoms with Crippen LogP contribution in [0.1, 0.15) is 44.7 Å². The van der Waals surface area contributed by atoms with Crippen molar-refractivity contribution in [2.24, 2.45) is 10.4 Å². The predicted molar refractivity (Wildman–Crippen MR) is 70.3 cm³/mol. The van der Waals surface area contributed by atoms with E-state index in [2.05, 4.69) is 25.8 Å². The van der Waals surface area contributed by atoms with Gasteiger partial charge in [-0.05, 0) is 42.4 Å². The highest BCUT2D eigenvalue weighted by atomic mass is 16.3. The molecule has 0 unspecified atom stereocenters. The average Bonchev–Trinajstić information content (AvgIpc) is 3.00. The van der Waals surface area contributed by atoms with Gasteiger partial charge in [0.15, 0.2) is 0 Å². The van der Waals surface area contributed by atoms with E-state index >= 15 is 0 Å². The number of benzene rings is 1. The van der Waals surface area contributed by atoms with Crippen LogP contribution in [0.5, 0.6) is 5.75 Å². The van der Waals surface area contributed by atoms with Crippen molar-refractivity contribution in [1.82, 2.24) is 0 Å². The third-order valence-corrected chi connectivity index (χ3v) is 3.28. The molecule has 0 heterocycles. The Morgan fingerprint density at radius 2 is 2.06 bits per heavy atom. The highest BCUT2D eigenvalue weighted by Crippen LogP contribution is 2.52. The van der Waals surface area contributed by atoms with Gasteiger partial charge in [0.05, 0.1) is 0 Å². The Kier molecular flexibility index (Phi) is 3.04. The lowest BCUT2D eigenvalue weighted by Crippen LogP contribution is -2.10. The minimum Gasteiger partial charge on any atom is -0.508 e. The normalized spacial score (nSPS) is 17.1. The van der Waals surface area contributed by atoms with E-state index in [1.165, 1.54) is 5.56 Å². The van der Waals surface area contributed by atoms with E-state index in [-0.39, 0.29) is 11.2 Å². The Bertz CT molecular complexity index is 504. The zero-order chi connectivity index (χ0) is 13.4. The first kappa shape index (κ1) is 12.8. The van der Waals surface area contributed by atoms with Gasteiger partial charge in [-0.25, -0.2) is 4.79 Å². The van der Waals surface area contributed by atoms with Gasteiger partial charge in [0.2, 0.25) is 6.08 Å². The van der Waals surface area contributed by atoms with Crippen LogP contribution < -0.4 is 0 Å². The van der Waals surface area contributed by atoms with Crippen molar-refractivity contribution in [3.8, 4) is 5.75 Å². The third-order valence-electron chi connectivity index (χ3n) is 3.28. The molecule has 1 fully saturated rings. The monoisotopic (exact) mass is 245 g/mol. The molecule has 1 aromatic rings. The fourth-order valence-corrected chi connectivity index (χ4v) is 2.33. The fraction of sp³-hybridized carbons (Fsp3) is 0.533. The molecule has 1 aromatic carbocycles. The van der Waals surface area contributed by atoms with Crippen LogP contribution in [0.15, 0.2) is 23.2 Å². The zero-order valence-electron chi connectivity index (χ0n) is 11.2. The lowest BCUT2D eigenvalue weighted by atomic mass is 9.87. The topological polar surface area (TPSA) is 49.7 Å². The van der Waals surface area contributed by atoms with Crippen molar-refractivity contribution in [3.63, 3.8) is 0 Å². The molecule has 0 bridgehead atoms. The van der Waals surface area contributed by atoms with Gasteiger partial charge in [0, 0.05) is 5.56 Å². The fourth-order valence-electron chi connectivity index (χ4n) is 2.33. The Morgan fingerprint density at radius 3 is 2.56 bits per heavy atom. The highest BCUT2D eigenvalue weighted by molar-refractivity contribution is 5.48. The molecular weight excluding hydrogens is 226 g/mol. The summed E-state index contributed by atoms with van der Waals surface area (Å²) in [4.78, 5) is 14.4. The molecule has 18 heavy (non-hydrogen) atoms. The van der Waals surface area contributed by atoms with Crippen LogP contribution in [-0.4, -0.2) is 11.2 Å². The number of nitrogens with zero attached hydrogens (tertiary/aromatic N) is 1. The van der Waals surface area contributed by atoms with E-state index in [9.17, 15) is 9.90 Å². The lowest BCUT2D eigenvalue weighted by molar-refractivity contribution is 0.409. The van der Waals surface area contributed by atoms with Crippen LogP contribution >= 0.6 is 0 Å². The van der Waals surface area contributed by atoms with Crippen molar-refractivity contribution < 1.29 is 9.90 Å². The molecule has 1 aliphatic carbocycles. The first-order valence-electron chi connectivity index (χ1n) is 6.28. The second kappa shape index (κ2) is 4.25. The van der Waals surface area contributed by atoms with Gasteiger partial charge in [-0.15, -0.1) is 0 Å². The molecule has 2 rings (SSSR count). The number of hydrogen-bond donors (Lipinski definition) is 1. The summed E-state index contributed by atoms with van der Waals surface area (Å²) < 4.78 is 0. The Morgan fingerprint density at radius 1 is 1.39 bits per heavy atom. The summed E-state index contributed by atoms with van der Waals surface area (Å²) in [5.74, 6) is 0.226. The van der Waals surface area contributed by atoms with Crippen molar-refractivity contribution in [2.75, 3.05) is 0 Å². The van der Waals surface area contributed by atoms with E-state index in [0.717, 1.165) is 24.8 Å². The number of carbonyl (C=O) groups excluding carboxylic acids is 1. The number of aromatic hydroxyl groups is 1. The third kappa shape index (κ3) is 2.62. The van der Waals surface area contributed by atoms with Crippen LogP contribution in [0.25, 0.3) is 0 Å². The summed E-state index contributed by atoms with van der Waals surface area (Å²) in [6.07, 6.45) is 4.19. The van der Waals surface area contributed by atoms with Gasteiger partial charge in [0.25, 0.3) is 0 Å². The smallest absolute Gasteiger partial charge is 0.235 e. The molecule has 1 N–H and O–H groups in total. The highest BCUT2D eigenvalue weighted by Gasteiger charge is 2.46. The molecule has 0 aliphatic heterocycles. The van der Waals surface area contributed by atoms with E-state index in [4.69, 9.17) is 0 Å². The molecule has 0 amide bonds. The standard InChI is InChI=1S/C15H19NO2/c1-14(2,3)9-11-4-5-13(18)12(8-11)15(6-7-15)16-10-17/h4-5,8,18H,6-7,9H2,1-3H3. The second-order valence-corrected chi connectivity index (χ2v) is 6.32. The second-order valence-electron chi connectivity index (χ2n) is 6.32. The maximum atomic E-state index is 10.5. The van der Waals surface area contributed by atoms with Gasteiger partial charge in [-0.3, -0.25) is 0 Å². The van der Waals surface area contributed by atoms with E-state index in [0.29, 0.717) is 0 Å². The quantitative estimate of drug-likeness (QED) is 0.656. The van der Waals surface area contributed by atoms with Crippen molar-refractivity contribution in [2.45, 2.75) is 45.6 Å². The van der Waals surface area contributed by atoms with Gasteiger partial charge in [-0.2, -0.15) is 4.99 Å². The molecule has 1 aliphatic rings. The predicted octanol–water partition coefficient (Wildman–Crippen LogP) is 3.31. The largest absolute Gasteiger partial charge is 0.508 e.